The predicted molar refractivity (Wildman–Crippen MR) is 153 cm³/mol. The van der Waals surface area contributed by atoms with Crippen molar-refractivity contribution in [2.45, 2.75) is 27.3 Å². The molecule has 0 atom stereocenters. The summed E-state index contributed by atoms with van der Waals surface area (Å²) in [5.41, 5.74) is 7.30. The summed E-state index contributed by atoms with van der Waals surface area (Å²) in [5, 5.41) is 5.24. The molecule has 0 spiro atoms. The van der Waals surface area contributed by atoms with E-state index in [2.05, 4.69) is 47.3 Å². The van der Waals surface area contributed by atoms with Crippen LogP contribution in [0.3, 0.4) is 0 Å². The van der Waals surface area contributed by atoms with Gasteiger partial charge in [0.1, 0.15) is 11.3 Å². The highest BCUT2D eigenvalue weighted by molar-refractivity contribution is 6.09. The Morgan fingerprint density at radius 3 is 2.55 bits per heavy atom. The Morgan fingerprint density at radius 1 is 1.00 bits per heavy atom. The van der Waals surface area contributed by atoms with E-state index >= 15 is 0 Å². The first-order valence-corrected chi connectivity index (χ1v) is 13.0. The lowest BCUT2D eigenvalue weighted by Crippen LogP contribution is -2.26. The van der Waals surface area contributed by atoms with E-state index < -0.39 is 0 Å². The van der Waals surface area contributed by atoms with Crippen molar-refractivity contribution in [2.24, 2.45) is 4.99 Å². The number of fused-ring (bicyclic) bond motifs is 2. The number of nitrogens with one attached hydrogen (secondary N) is 1. The van der Waals surface area contributed by atoms with Crippen LogP contribution in [0.15, 0.2) is 88.5 Å². The second-order valence-corrected chi connectivity index (χ2v) is 9.39. The van der Waals surface area contributed by atoms with E-state index in [4.69, 9.17) is 4.42 Å². The van der Waals surface area contributed by atoms with Crippen molar-refractivity contribution in [1.82, 2.24) is 9.88 Å². The minimum atomic E-state index is -0.0434. The third-order valence-corrected chi connectivity index (χ3v) is 6.69. The summed E-state index contributed by atoms with van der Waals surface area (Å²) in [5.74, 6) is 0.699. The largest absolute Gasteiger partial charge is 0.456 e. The molecule has 2 aromatic carbocycles. The summed E-state index contributed by atoms with van der Waals surface area (Å²) in [6.07, 6.45) is 3.49. The average molecular weight is 505 g/mol. The SMILES string of the molecule is CCN=c1cc2oc3cc(NCC)ccc3c(-c3ccccc3C(=O)N(C)Cc3ccncc3)c-2cc1C. The van der Waals surface area contributed by atoms with Crippen LogP contribution in [0.5, 0.6) is 0 Å². The molecule has 0 radical (unpaired) electrons. The van der Waals surface area contributed by atoms with Gasteiger partial charge in [0.15, 0.2) is 0 Å². The molecule has 1 aliphatic carbocycles. The van der Waals surface area contributed by atoms with Crippen LogP contribution in [0.4, 0.5) is 5.69 Å². The zero-order chi connectivity index (χ0) is 26.6. The van der Waals surface area contributed by atoms with Crippen molar-refractivity contribution >= 4 is 22.6 Å². The molecule has 2 aliphatic rings. The van der Waals surface area contributed by atoms with Crippen molar-refractivity contribution in [2.75, 3.05) is 25.5 Å². The van der Waals surface area contributed by atoms with Gasteiger partial charge >= 0.3 is 0 Å². The Hall–Kier alpha value is -4.45. The molecule has 38 heavy (non-hydrogen) atoms. The van der Waals surface area contributed by atoms with Gasteiger partial charge in [-0.25, -0.2) is 0 Å². The fourth-order valence-electron chi connectivity index (χ4n) is 4.91. The zero-order valence-corrected chi connectivity index (χ0v) is 22.3. The van der Waals surface area contributed by atoms with E-state index in [1.165, 1.54) is 0 Å². The molecule has 1 amide bonds. The molecule has 0 unspecified atom stereocenters. The number of amides is 1. The maximum atomic E-state index is 13.8. The molecule has 6 nitrogen and oxygen atoms in total. The Morgan fingerprint density at radius 2 is 1.79 bits per heavy atom. The highest BCUT2D eigenvalue weighted by Crippen LogP contribution is 2.42. The fourth-order valence-corrected chi connectivity index (χ4v) is 4.91. The van der Waals surface area contributed by atoms with Gasteiger partial charge in [0.2, 0.25) is 0 Å². The van der Waals surface area contributed by atoms with E-state index in [1.807, 2.05) is 62.5 Å². The minimum absolute atomic E-state index is 0.0434. The molecule has 1 aromatic heterocycles. The Kier molecular flexibility index (Phi) is 7.22. The molecule has 0 fully saturated rings. The predicted octanol–water partition coefficient (Wildman–Crippen LogP) is 6.53. The first-order valence-electron chi connectivity index (χ1n) is 13.0. The number of aromatic nitrogens is 1. The van der Waals surface area contributed by atoms with Crippen molar-refractivity contribution in [3.05, 3.63) is 101 Å². The van der Waals surface area contributed by atoms with E-state index in [0.717, 1.165) is 62.1 Å². The first-order chi connectivity index (χ1) is 18.5. The van der Waals surface area contributed by atoms with E-state index in [0.29, 0.717) is 18.7 Å². The summed E-state index contributed by atoms with van der Waals surface area (Å²) in [4.78, 5) is 24.3. The Bertz CT molecular complexity index is 1640. The molecule has 1 aliphatic heterocycles. The monoisotopic (exact) mass is 504 g/mol. The van der Waals surface area contributed by atoms with E-state index in [9.17, 15) is 4.79 Å². The lowest BCUT2D eigenvalue weighted by Gasteiger charge is -2.22. The number of carbonyl (C=O) groups excluding carboxylic acids is 1. The van der Waals surface area contributed by atoms with Crippen molar-refractivity contribution in [3.8, 4) is 22.5 Å². The molecule has 0 saturated carbocycles. The number of hydrogen-bond acceptors (Lipinski definition) is 5. The van der Waals surface area contributed by atoms with Crippen molar-refractivity contribution in [1.29, 1.82) is 0 Å². The summed E-state index contributed by atoms with van der Waals surface area (Å²) in [6, 6.07) is 22.0. The molecule has 192 valence electrons. The normalized spacial score (nSPS) is 11.7. The summed E-state index contributed by atoms with van der Waals surface area (Å²) in [7, 11) is 1.83. The van der Waals surface area contributed by atoms with Crippen LogP contribution in [0.2, 0.25) is 0 Å². The molecule has 2 heterocycles. The summed E-state index contributed by atoms with van der Waals surface area (Å²) in [6.45, 7) is 8.16. The van der Waals surface area contributed by atoms with Crippen molar-refractivity contribution in [3.63, 3.8) is 0 Å². The van der Waals surface area contributed by atoms with Crippen molar-refractivity contribution < 1.29 is 9.21 Å². The number of pyridine rings is 1. The Labute approximate surface area is 223 Å². The van der Waals surface area contributed by atoms with Gasteiger partial charge in [-0.05, 0) is 73.9 Å². The number of benzene rings is 3. The van der Waals surface area contributed by atoms with Crippen LogP contribution in [-0.4, -0.2) is 35.9 Å². The molecule has 0 saturated heterocycles. The lowest BCUT2D eigenvalue weighted by atomic mass is 9.89. The van der Waals surface area contributed by atoms with Gasteiger partial charge in [0.25, 0.3) is 5.91 Å². The first kappa shape index (κ1) is 25.2. The number of rotatable bonds is 7. The van der Waals surface area contributed by atoms with Gasteiger partial charge in [-0.2, -0.15) is 0 Å². The topological polar surface area (TPSA) is 70.7 Å². The lowest BCUT2D eigenvalue weighted by molar-refractivity contribution is 0.0786. The Balaban J connectivity index is 1.73. The quantitative estimate of drug-likeness (QED) is 0.256. The number of aryl methyl sites for hydroxylation is 1. The van der Waals surface area contributed by atoms with Gasteiger partial charge in [-0.15, -0.1) is 0 Å². The highest BCUT2D eigenvalue weighted by atomic mass is 16.3. The van der Waals surface area contributed by atoms with Crippen LogP contribution in [-0.2, 0) is 6.54 Å². The second kappa shape index (κ2) is 10.9. The van der Waals surface area contributed by atoms with Gasteiger partial charge in [-0.3, -0.25) is 14.8 Å². The van der Waals surface area contributed by atoms with Crippen LogP contribution >= 0.6 is 0 Å². The molecule has 6 heteroatoms. The maximum absolute atomic E-state index is 13.8. The van der Waals surface area contributed by atoms with Crippen LogP contribution < -0.4 is 10.7 Å². The van der Waals surface area contributed by atoms with Crippen LogP contribution in [0.1, 0.15) is 35.3 Å². The standard InChI is InChI=1S/C32H32N4O2/c1-5-34-23-11-12-26-29(18-23)38-30-19-28(35-6-2)21(3)17-27(30)31(26)24-9-7-8-10-25(24)32(37)36(4)20-22-13-15-33-16-14-22/h7-19,34H,5-6,20H2,1-4H3. The summed E-state index contributed by atoms with van der Waals surface area (Å²) < 4.78 is 6.46. The van der Waals surface area contributed by atoms with Gasteiger partial charge in [0, 0.05) is 79.0 Å². The van der Waals surface area contributed by atoms with Gasteiger partial charge < -0.3 is 14.6 Å². The number of nitrogens with zero attached hydrogens (tertiary/aromatic N) is 3. The van der Waals surface area contributed by atoms with E-state index in [-0.39, 0.29) is 5.91 Å². The maximum Gasteiger partial charge on any atom is 0.254 e. The fraction of sp³-hybridized carbons (Fsp3) is 0.219. The van der Waals surface area contributed by atoms with Gasteiger partial charge in [0.05, 0.1) is 5.36 Å². The van der Waals surface area contributed by atoms with Crippen LogP contribution in [0, 0.1) is 6.92 Å². The third-order valence-electron chi connectivity index (χ3n) is 6.69. The molecule has 0 bridgehead atoms. The second-order valence-electron chi connectivity index (χ2n) is 9.39. The smallest absolute Gasteiger partial charge is 0.254 e. The number of hydrogen-bond donors (Lipinski definition) is 1. The van der Waals surface area contributed by atoms with Crippen LogP contribution in [0.25, 0.3) is 33.4 Å². The van der Waals surface area contributed by atoms with Gasteiger partial charge in [-0.1, -0.05) is 18.2 Å². The highest BCUT2D eigenvalue weighted by Gasteiger charge is 2.23. The molecular weight excluding hydrogens is 472 g/mol. The molecule has 5 rings (SSSR count). The minimum Gasteiger partial charge on any atom is -0.456 e. The molecule has 1 N–H and O–H groups in total. The third kappa shape index (κ3) is 4.90. The number of carbonyl (C=O) groups is 1. The van der Waals surface area contributed by atoms with E-state index in [1.54, 1.807) is 17.3 Å². The average Bonchev–Trinajstić information content (AvgIpc) is 2.93. The molecular formula is C32H32N4O2. The zero-order valence-electron chi connectivity index (χ0n) is 22.3. The summed E-state index contributed by atoms with van der Waals surface area (Å²) >= 11 is 0. The number of anilines is 1. The molecule has 3 aromatic rings.